The van der Waals surface area contributed by atoms with E-state index in [0.717, 1.165) is 38.3 Å². The van der Waals surface area contributed by atoms with E-state index in [4.69, 9.17) is 9.84 Å². The number of carbonyl (C=O) groups is 1. The smallest absolute Gasteiger partial charge is 0.304 e. The average molecular weight is 362 g/mol. The second-order valence-corrected chi connectivity index (χ2v) is 7.47. The van der Waals surface area contributed by atoms with Gasteiger partial charge in [-0.05, 0) is 49.4 Å². The highest BCUT2D eigenvalue weighted by Gasteiger charge is 2.21. The number of hydrogen-bond donors (Lipinski definition) is 1. The highest BCUT2D eigenvalue weighted by molar-refractivity contribution is 5.66. The maximum absolute atomic E-state index is 10.8. The largest absolute Gasteiger partial charge is 0.494 e. The highest BCUT2D eigenvalue weighted by Crippen LogP contribution is 2.29. The normalized spacial score (nSPS) is 18.0. The lowest BCUT2D eigenvalue weighted by atomic mass is 9.90. The summed E-state index contributed by atoms with van der Waals surface area (Å²) in [5.74, 6) is 0.742. The van der Waals surface area contributed by atoms with Crippen LogP contribution in [0.15, 0.2) is 24.3 Å². The summed E-state index contributed by atoms with van der Waals surface area (Å²) in [4.78, 5) is 13.1. The lowest BCUT2D eigenvalue weighted by molar-refractivity contribution is -0.137. The maximum atomic E-state index is 10.8. The zero-order chi connectivity index (χ0) is 18.6. The van der Waals surface area contributed by atoms with Crippen LogP contribution < -0.4 is 4.74 Å². The van der Waals surface area contributed by atoms with Crippen molar-refractivity contribution in [2.45, 2.75) is 70.6 Å². The third kappa shape index (κ3) is 7.77. The number of aliphatic carboxylic acids is 1. The van der Waals surface area contributed by atoms with Crippen molar-refractivity contribution >= 4 is 5.97 Å². The van der Waals surface area contributed by atoms with Crippen LogP contribution in [-0.4, -0.2) is 42.2 Å². The van der Waals surface area contributed by atoms with Gasteiger partial charge in [-0.1, -0.05) is 51.2 Å². The van der Waals surface area contributed by atoms with Gasteiger partial charge >= 0.3 is 5.97 Å². The van der Waals surface area contributed by atoms with E-state index >= 15 is 0 Å². The van der Waals surface area contributed by atoms with Crippen LogP contribution in [0, 0.1) is 0 Å². The third-order valence-electron chi connectivity index (χ3n) is 5.24. The average Bonchev–Trinajstić information content (AvgIpc) is 2.66. The molecule has 1 aromatic rings. The molecule has 4 heteroatoms. The highest BCUT2D eigenvalue weighted by atomic mass is 16.5. The number of unbranched alkanes of at least 4 members (excludes halogenated alkanes) is 5. The molecule has 1 N–H and O–H groups in total. The summed E-state index contributed by atoms with van der Waals surface area (Å²) in [6, 6.07) is 8.50. The minimum Gasteiger partial charge on any atom is -0.494 e. The number of rotatable bonds is 12. The van der Waals surface area contributed by atoms with Gasteiger partial charge in [-0.25, -0.2) is 0 Å². The van der Waals surface area contributed by atoms with E-state index in [9.17, 15) is 4.79 Å². The molecule has 26 heavy (non-hydrogen) atoms. The van der Waals surface area contributed by atoms with Crippen LogP contribution in [0.2, 0.25) is 0 Å². The molecule has 0 saturated carbocycles. The molecule has 1 atom stereocenters. The molecule has 1 aromatic carbocycles. The van der Waals surface area contributed by atoms with E-state index in [-0.39, 0.29) is 6.42 Å². The van der Waals surface area contributed by atoms with Crippen molar-refractivity contribution in [1.29, 1.82) is 0 Å². The monoisotopic (exact) mass is 361 g/mol. The fourth-order valence-corrected chi connectivity index (χ4v) is 3.72. The van der Waals surface area contributed by atoms with Crippen molar-refractivity contribution in [3.63, 3.8) is 0 Å². The quantitative estimate of drug-likeness (QED) is 0.527. The number of likely N-dealkylation sites (tertiary alicyclic amines) is 1. The minimum absolute atomic E-state index is 0.230. The third-order valence-corrected chi connectivity index (χ3v) is 5.24. The molecule has 2 rings (SSSR count). The second-order valence-electron chi connectivity index (χ2n) is 7.47. The Hall–Kier alpha value is -1.55. The van der Waals surface area contributed by atoms with Gasteiger partial charge in [0.25, 0.3) is 0 Å². The Balaban J connectivity index is 1.75. The van der Waals surface area contributed by atoms with Crippen LogP contribution in [0.5, 0.6) is 5.75 Å². The molecule has 1 heterocycles. The Kier molecular flexibility index (Phi) is 9.54. The molecule has 1 aliphatic rings. The molecule has 0 amide bonds. The van der Waals surface area contributed by atoms with Crippen molar-refractivity contribution in [1.82, 2.24) is 4.90 Å². The molecule has 1 fully saturated rings. The topological polar surface area (TPSA) is 49.8 Å². The van der Waals surface area contributed by atoms with E-state index in [0.29, 0.717) is 12.5 Å². The molecule has 1 unspecified atom stereocenters. The molecule has 0 aromatic heterocycles. The number of piperidine rings is 1. The van der Waals surface area contributed by atoms with Crippen molar-refractivity contribution in [3.8, 4) is 5.75 Å². The van der Waals surface area contributed by atoms with Gasteiger partial charge < -0.3 is 14.7 Å². The zero-order valence-electron chi connectivity index (χ0n) is 16.3. The standard InChI is InChI=1S/C22H35NO3/c1-2-3-4-5-6-7-16-26-21-12-8-10-19(17-21)20-11-9-14-23(18-20)15-13-22(24)25/h8,10,12,17,20H,2-7,9,11,13-16,18H2,1H3,(H,24,25). The Morgan fingerprint density at radius 3 is 2.85 bits per heavy atom. The summed E-state index contributed by atoms with van der Waals surface area (Å²) in [6.45, 7) is 5.66. The van der Waals surface area contributed by atoms with Crippen molar-refractivity contribution < 1.29 is 14.6 Å². The molecular weight excluding hydrogens is 326 g/mol. The van der Waals surface area contributed by atoms with E-state index < -0.39 is 5.97 Å². The number of carboxylic acid groups (broad SMARTS) is 1. The van der Waals surface area contributed by atoms with Gasteiger partial charge in [-0.3, -0.25) is 4.79 Å². The molecular formula is C22H35NO3. The number of benzene rings is 1. The summed E-state index contributed by atoms with van der Waals surface area (Å²) >= 11 is 0. The first-order chi connectivity index (χ1) is 12.7. The van der Waals surface area contributed by atoms with Gasteiger partial charge in [0.2, 0.25) is 0 Å². The number of ether oxygens (including phenoxy) is 1. The van der Waals surface area contributed by atoms with E-state index in [1.54, 1.807) is 0 Å². The maximum Gasteiger partial charge on any atom is 0.304 e. The first kappa shape index (κ1) is 20.8. The first-order valence-corrected chi connectivity index (χ1v) is 10.4. The van der Waals surface area contributed by atoms with Crippen LogP contribution in [0.3, 0.4) is 0 Å². The van der Waals surface area contributed by atoms with Crippen LogP contribution in [0.4, 0.5) is 0 Å². The molecule has 146 valence electrons. The minimum atomic E-state index is -0.711. The fraction of sp³-hybridized carbons (Fsp3) is 0.682. The van der Waals surface area contributed by atoms with Gasteiger partial charge in [0.05, 0.1) is 13.0 Å². The van der Waals surface area contributed by atoms with E-state index in [2.05, 4.69) is 30.0 Å². The molecule has 0 radical (unpaired) electrons. The summed E-state index contributed by atoms with van der Waals surface area (Å²) in [6.07, 6.45) is 10.2. The number of carboxylic acids is 1. The summed E-state index contributed by atoms with van der Waals surface area (Å²) in [5, 5.41) is 8.88. The van der Waals surface area contributed by atoms with Crippen molar-refractivity contribution in [3.05, 3.63) is 29.8 Å². The Morgan fingerprint density at radius 2 is 2.04 bits per heavy atom. The van der Waals surface area contributed by atoms with Gasteiger partial charge in [0.1, 0.15) is 5.75 Å². The van der Waals surface area contributed by atoms with Gasteiger partial charge in [0, 0.05) is 13.1 Å². The molecule has 0 aliphatic carbocycles. The lowest BCUT2D eigenvalue weighted by Gasteiger charge is -2.32. The predicted octanol–water partition coefficient (Wildman–Crippen LogP) is 5.08. The molecule has 4 nitrogen and oxygen atoms in total. The SMILES string of the molecule is CCCCCCCCOc1cccc(C2CCCN(CCC(=O)O)C2)c1. The number of nitrogens with zero attached hydrogens (tertiary/aromatic N) is 1. The summed E-state index contributed by atoms with van der Waals surface area (Å²) < 4.78 is 5.96. The molecule has 1 saturated heterocycles. The van der Waals surface area contributed by atoms with Crippen LogP contribution in [-0.2, 0) is 4.79 Å². The summed E-state index contributed by atoms with van der Waals surface area (Å²) in [7, 11) is 0. The fourth-order valence-electron chi connectivity index (χ4n) is 3.72. The van der Waals surface area contributed by atoms with Crippen LogP contribution in [0.25, 0.3) is 0 Å². The van der Waals surface area contributed by atoms with Crippen LogP contribution in [0.1, 0.15) is 76.2 Å². The Bertz CT molecular complexity index is 532. The molecule has 0 spiro atoms. The number of hydrogen-bond acceptors (Lipinski definition) is 3. The predicted molar refractivity (Wildman–Crippen MR) is 106 cm³/mol. The zero-order valence-corrected chi connectivity index (χ0v) is 16.3. The van der Waals surface area contributed by atoms with Gasteiger partial charge in [0.15, 0.2) is 0 Å². The van der Waals surface area contributed by atoms with Crippen molar-refractivity contribution in [2.24, 2.45) is 0 Å². The van der Waals surface area contributed by atoms with Gasteiger partial charge in [-0.15, -0.1) is 0 Å². The Morgan fingerprint density at radius 1 is 1.23 bits per heavy atom. The lowest BCUT2D eigenvalue weighted by Crippen LogP contribution is -2.35. The van der Waals surface area contributed by atoms with Crippen molar-refractivity contribution in [2.75, 3.05) is 26.2 Å². The van der Waals surface area contributed by atoms with Crippen LogP contribution >= 0.6 is 0 Å². The summed E-state index contributed by atoms with van der Waals surface area (Å²) in [5.41, 5.74) is 1.32. The van der Waals surface area contributed by atoms with Gasteiger partial charge in [-0.2, -0.15) is 0 Å². The van der Waals surface area contributed by atoms with E-state index in [1.807, 2.05) is 6.07 Å². The second kappa shape index (κ2) is 11.9. The van der Waals surface area contributed by atoms with E-state index in [1.165, 1.54) is 44.1 Å². The molecule has 1 aliphatic heterocycles. The first-order valence-electron chi connectivity index (χ1n) is 10.4. The molecule has 0 bridgehead atoms. The Labute approximate surface area is 158 Å².